The lowest BCUT2D eigenvalue weighted by Gasteiger charge is -2.37. The van der Waals surface area contributed by atoms with Gasteiger partial charge in [0.1, 0.15) is 12.2 Å². The first-order valence-electron chi connectivity index (χ1n) is 3.52. The zero-order chi connectivity index (χ0) is 9.30. The number of rotatable bonds is 1. The van der Waals surface area contributed by atoms with Gasteiger partial charge in [-0.25, -0.2) is 0 Å². The van der Waals surface area contributed by atoms with Crippen LogP contribution in [0.25, 0.3) is 0 Å². The topological polar surface area (TPSA) is 90.2 Å². The van der Waals surface area contributed by atoms with E-state index >= 15 is 0 Å². The molecule has 1 heterocycles. The van der Waals surface area contributed by atoms with E-state index in [9.17, 15) is 10.2 Å². The zero-order valence-electron chi connectivity index (χ0n) is 6.17. The quantitative estimate of drug-likeness (QED) is 0.407. The van der Waals surface area contributed by atoms with Crippen LogP contribution in [0.3, 0.4) is 0 Å². The molecule has 1 aliphatic heterocycles. The number of halogens is 1. The SMILES string of the molecule is OCC1OC(O)C(Br)C(O)[C@H]1O. The fourth-order valence-corrected chi connectivity index (χ4v) is 1.50. The van der Waals surface area contributed by atoms with E-state index in [1.807, 2.05) is 0 Å². The van der Waals surface area contributed by atoms with Gasteiger partial charge >= 0.3 is 0 Å². The summed E-state index contributed by atoms with van der Waals surface area (Å²) >= 11 is 2.95. The second-order valence-electron chi connectivity index (χ2n) is 2.67. The summed E-state index contributed by atoms with van der Waals surface area (Å²) < 4.78 is 4.78. The van der Waals surface area contributed by atoms with Crippen LogP contribution in [0.1, 0.15) is 0 Å². The maximum Gasteiger partial charge on any atom is 0.170 e. The van der Waals surface area contributed by atoms with E-state index in [1.54, 1.807) is 0 Å². The van der Waals surface area contributed by atoms with Gasteiger partial charge in [0.2, 0.25) is 0 Å². The molecule has 6 heteroatoms. The highest BCUT2D eigenvalue weighted by atomic mass is 79.9. The molecule has 4 N–H and O–H groups in total. The molecule has 1 aliphatic rings. The van der Waals surface area contributed by atoms with Gasteiger partial charge in [-0.2, -0.15) is 0 Å². The van der Waals surface area contributed by atoms with Crippen molar-refractivity contribution in [2.75, 3.05) is 6.61 Å². The first-order chi connectivity index (χ1) is 5.57. The molecule has 1 fully saturated rings. The van der Waals surface area contributed by atoms with Gasteiger partial charge in [0.25, 0.3) is 0 Å². The van der Waals surface area contributed by atoms with Crippen molar-refractivity contribution in [2.45, 2.75) is 29.4 Å². The van der Waals surface area contributed by atoms with Crippen LogP contribution in [0.5, 0.6) is 0 Å². The molecule has 0 amide bonds. The Labute approximate surface area is 77.7 Å². The van der Waals surface area contributed by atoms with Gasteiger partial charge in [-0.1, -0.05) is 15.9 Å². The van der Waals surface area contributed by atoms with E-state index < -0.39 is 36.0 Å². The van der Waals surface area contributed by atoms with Crippen molar-refractivity contribution in [2.24, 2.45) is 0 Å². The van der Waals surface area contributed by atoms with E-state index in [1.165, 1.54) is 0 Å². The molecule has 1 saturated heterocycles. The van der Waals surface area contributed by atoms with Crippen LogP contribution in [-0.2, 0) is 4.74 Å². The third kappa shape index (κ3) is 1.78. The highest BCUT2D eigenvalue weighted by Crippen LogP contribution is 2.24. The Balaban J connectivity index is 2.63. The summed E-state index contributed by atoms with van der Waals surface area (Å²) in [5, 5.41) is 36.3. The van der Waals surface area contributed by atoms with Crippen molar-refractivity contribution < 1.29 is 25.2 Å². The molecule has 0 saturated carbocycles. The van der Waals surface area contributed by atoms with Gasteiger partial charge in [0.05, 0.1) is 17.5 Å². The minimum Gasteiger partial charge on any atom is -0.394 e. The van der Waals surface area contributed by atoms with E-state index in [0.29, 0.717) is 0 Å². The van der Waals surface area contributed by atoms with E-state index in [4.69, 9.17) is 14.9 Å². The first kappa shape index (κ1) is 10.4. The van der Waals surface area contributed by atoms with Crippen molar-refractivity contribution in [1.29, 1.82) is 0 Å². The van der Waals surface area contributed by atoms with Gasteiger partial charge in [0, 0.05) is 0 Å². The summed E-state index contributed by atoms with van der Waals surface area (Å²) in [6, 6.07) is 0. The number of alkyl halides is 1. The number of hydrogen-bond acceptors (Lipinski definition) is 5. The monoisotopic (exact) mass is 242 g/mol. The van der Waals surface area contributed by atoms with Crippen LogP contribution < -0.4 is 0 Å². The van der Waals surface area contributed by atoms with Crippen molar-refractivity contribution in [3.63, 3.8) is 0 Å². The molecule has 4 unspecified atom stereocenters. The van der Waals surface area contributed by atoms with Crippen LogP contribution in [0.15, 0.2) is 0 Å². The van der Waals surface area contributed by atoms with Crippen molar-refractivity contribution in [3.05, 3.63) is 0 Å². The summed E-state index contributed by atoms with van der Waals surface area (Å²) in [5.74, 6) is 0. The van der Waals surface area contributed by atoms with Crippen molar-refractivity contribution >= 4 is 15.9 Å². The molecule has 0 spiro atoms. The van der Waals surface area contributed by atoms with Gasteiger partial charge in [0.15, 0.2) is 6.29 Å². The molecule has 0 aliphatic carbocycles. The van der Waals surface area contributed by atoms with Crippen LogP contribution in [0, 0.1) is 0 Å². The first-order valence-corrected chi connectivity index (χ1v) is 4.44. The van der Waals surface area contributed by atoms with Crippen LogP contribution in [0.2, 0.25) is 0 Å². The molecule has 72 valence electrons. The normalized spacial score (nSPS) is 49.2. The molecule has 0 bridgehead atoms. The second kappa shape index (κ2) is 3.99. The third-order valence-electron chi connectivity index (χ3n) is 1.82. The molecule has 5 atom stereocenters. The average Bonchev–Trinajstić information content (AvgIpc) is 2.08. The molecule has 0 aromatic carbocycles. The van der Waals surface area contributed by atoms with E-state index in [0.717, 1.165) is 0 Å². The predicted molar refractivity (Wildman–Crippen MR) is 42.7 cm³/mol. The van der Waals surface area contributed by atoms with Gasteiger partial charge < -0.3 is 25.2 Å². The maximum atomic E-state index is 9.27. The minimum absolute atomic E-state index is 0.436. The fraction of sp³-hybridized carbons (Fsp3) is 1.00. The number of hydrogen-bond donors (Lipinski definition) is 4. The molecule has 12 heavy (non-hydrogen) atoms. The fourth-order valence-electron chi connectivity index (χ4n) is 1.06. The summed E-state index contributed by atoms with van der Waals surface area (Å²) in [5.41, 5.74) is 0. The smallest absolute Gasteiger partial charge is 0.170 e. The average molecular weight is 243 g/mol. The summed E-state index contributed by atoms with van der Waals surface area (Å²) in [7, 11) is 0. The molecule has 0 aromatic heterocycles. The van der Waals surface area contributed by atoms with E-state index in [2.05, 4.69) is 15.9 Å². The zero-order valence-corrected chi connectivity index (χ0v) is 7.75. The Morgan fingerprint density at radius 2 is 1.75 bits per heavy atom. The Morgan fingerprint density at radius 3 is 2.25 bits per heavy atom. The Hall–Kier alpha value is 0.280. The van der Waals surface area contributed by atoms with Gasteiger partial charge in [-0.15, -0.1) is 0 Å². The molecule has 0 radical (unpaired) electrons. The molecule has 5 nitrogen and oxygen atoms in total. The van der Waals surface area contributed by atoms with Crippen molar-refractivity contribution in [3.8, 4) is 0 Å². The molecular weight excluding hydrogens is 232 g/mol. The second-order valence-corrected chi connectivity index (χ2v) is 3.73. The number of aliphatic hydroxyl groups excluding tert-OH is 4. The lowest BCUT2D eigenvalue weighted by Crippen LogP contribution is -2.56. The Bertz CT molecular complexity index is 150. The highest BCUT2D eigenvalue weighted by Gasteiger charge is 2.42. The lowest BCUT2D eigenvalue weighted by molar-refractivity contribution is -0.233. The largest absolute Gasteiger partial charge is 0.394 e. The molecule has 1 rings (SSSR count). The third-order valence-corrected chi connectivity index (χ3v) is 2.82. The highest BCUT2D eigenvalue weighted by molar-refractivity contribution is 9.09. The van der Waals surface area contributed by atoms with Crippen LogP contribution in [-0.4, -0.2) is 56.5 Å². The maximum absolute atomic E-state index is 9.27. The number of ether oxygens (including phenoxy) is 1. The molecular formula is C6H11BrO5. The minimum atomic E-state index is -1.21. The Kier molecular flexibility index (Phi) is 3.45. The van der Waals surface area contributed by atoms with Crippen LogP contribution >= 0.6 is 15.9 Å². The summed E-state index contributed by atoms with van der Waals surface area (Å²) in [6.45, 7) is -0.436. The van der Waals surface area contributed by atoms with Gasteiger partial charge in [-0.05, 0) is 0 Å². The predicted octanol–water partition coefficient (Wildman–Crippen LogP) is -1.82. The lowest BCUT2D eigenvalue weighted by atomic mass is 10.0. The van der Waals surface area contributed by atoms with Crippen molar-refractivity contribution in [1.82, 2.24) is 0 Å². The van der Waals surface area contributed by atoms with E-state index in [-0.39, 0.29) is 0 Å². The van der Waals surface area contributed by atoms with Crippen LogP contribution in [0.4, 0.5) is 0 Å². The summed E-state index contributed by atoms with van der Waals surface area (Å²) in [6.07, 6.45) is -4.45. The Morgan fingerprint density at radius 1 is 1.17 bits per heavy atom. The van der Waals surface area contributed by atoms with Gasteiger partial charge in [-0.3, -0.25) is 0 Å². The number of aliphatic hydroxyl groups is 4. The molecule has 0 aromatic rings. The summed E-state index contributed by atoms with van der Waals surface area (Å²) in [4.78, 5) is -0.727. The standard InChI is InChI=1S/C6H11BrO5/c7-3-5(10)4(9)2(1-8)12-6(3)11/h2-6,8-11H,1H2/t2?,3?,4-,5?,6?/m0/s1.